The Bertz CT molecular complexity index is 556. The van der Waals surface area contributed by atoms with E-state index in [1.807, 2.05) is 0 Å². The van der Waals surface area contributed by atoms with E-state index < -0.39 is 11.7 Å². The summed E-state index contributed by atoms with van der Waals surface area (Å²) in [7, 11) is 0. The fourth-order valence-electron chi connectivity index (χ4n) is 2.10. The van der Waals surface area contributed by atoms with Crippen molar-refractivity contribution in [2.45, 2.75) is 25.3 Å². The second-order valence-corrected chi connectivity index (χ2v) is 4.83. The second-order valence-electron chi connectivity index (χ2n) is 4.83. The molecule has 0 spiro atoms. The van der Waals surface area contributed by atoms with E-state index in [1.54, 1.807) is 6.07 Å². The molecule has 0 unspecified atom stereocenters. The summed E-state index contributed by atoms with van der Waals surface area (Å²) in [5.41, 5.74) is 0.512. The van der Waals surface area contributed by atoms with Crippen LogP contribution in [0.5, 0.6) is 0 Å². The van der Waals surface area contributed by atoms with Gasteiger partial charge in [-0.3, -0.25) is 4.79 Å². The number of nitrogens with one attached hydrogen (secondary N) is 1. The average Bonchev–Trinajstić information content (AvgIpc) is 2.48. The Kier molecular flexibility index (Phi) is 5.73. The van der Waals surface area contributed by atoms with E-state index in [4.69, 9.17) is 9.84 Å². The van der Waals surface area contributed by atoms with E-state index in [0.29, 0.717) is 25.2 Å². The van der Waals surface area contributed by atoms with Crippen LogP contribution in [0.25, 0.3) is 0 Å². The Morgan fingerprint density at radius 2 is 2.19 bits per heavy atom. The van der Waals surface area contributed by atoms with E-state index in [9.17, 15) is 9.18 Å². The van der Waals surface area contributed by atoms with Gasteiger partial charge in [0.1, 0.15) is 5.82 Å². The normalized spacial score (nSPS) is 15.1. The monoisotopic (exact) mass is 291 g/mol. The van der Waals surface area contributed by atoms with E-state index in [-0.39, 0.29) is 18.2 Å². The van der Waals surface area contributed by atoms with Crippen molar-refractivity contribution in [2.75, 3.05) is 19.8 Å². The molecule has 4 nitrogen and oxygen atoms in total. The summed E-state index contributed by atoms with van der Waals surface area (Å²) in [6, 6.07) is 4.32. The Morgan fingerprint density at radius 3 is 2.86 bits per heavy atom. The fraction of sp³-hybridized carbons (Fsp3) is 0.438. The number of carbonyl (C=O) groups is 1. The zero-order valence-electron chi connectivity index (χ0n) is 11.7. The van der Waals surface area contributed by atoms with Gasteiger partial charge in [0.05, 0.1) is 12.2 Å². The van der Waals surface area contributed by atoms with Crippen LogP contribution in [0.15, 0.2) is 18.2 Å². The molecule has 0 saturated carbocycles. The molecule has 1 aliphatic rings. The zero-order valence-corrected chi connectivity index (χ0v) is 11.7. The maximum atomic E-state index is 14.0. The summed E-state index contributed by atoms with van der Waals surface area (Å²) < 4.78 is 19.2. The highest BCUT2D eigenvalue weighted by atomic mass is 19.1. The number of amides is 1. The van der Waals surface area contributed by atoms with Crippen LogP contribution in [0.4, 0.5) is 4.39 Å². The number of halogens is 1. The highest BCUT2D eigenvalue weighted by Crippen LogP contribution is 2.12. The molecule has 0 aliphatic carbocycles. The molecule has 112 valence electrons. The van der Waals surface area contributed by atoms with Gasteiger partial charge < -0.3 is 15.2 Å². The van der Waals surface area contributed by atoms with Crippen LogP contribution < -0.4 is 5.32 Å². The third-order valence-corrected chi connectivity index (χ3v) is 3.24. The summed E-state index contributed by atoms with van der Waals surface area (Å²) in [5, 5.41) is 11.5. The van der Waals surface area contributed by atoms with Crippen LogP contribution in [0, 0.1) is 17.7 Å². The van der Waals surface area contributed by atoms with Gasteiger partial charge in [-0.05, 0) is 31.0 Å². The van der Waals surface area contributed by atoms with Gasteiger partial charge in [-0.15, -0.1) is 0 Å². The van der Waals surface area contributed by atoms with Crippen molar-refractivity contribution >= 4 is 5.91 Å². The quantitative estimate of drug-likeness (QED) is 0.829. The molecule has 0 aromatic heterocycles. The molecule has 1 fully saturated rings. The van der Waals surface area contributed by atoms with E-state index in [0.717, 1.165) is 12.8 Å². The largest absolute Gasteiger partial charge is 0.395 e. The number of aliphatic hydroxyl groups is 1. The van der Waals surface area contributed by atoms with Gasteiger partial charge in [0.2, 0.25) is 0 Å². The van der Waals surface area contributed by atoms with Crippen molar-refractivity contribution in [1.29, 1.82) is 0 Å². The SMILES string of the molecule is O=C(NC1CCOCC1)c1ccc(C#CCCO)cc1F. The molecular formula is C16H18FNO3. The Morgan fingerprint density at radius 1 is 1.43 bits per heavy atom. The summed E-state index contributed by atoms with van der Waals surface area (Å²) in [5.74, 6) is 4.45. The summed E-state index contributed by atoms with van der Waals surface area (Å²) in [6.45, 7) is 1.21. The molecule has 2 rings (SSSR count). The third-order valence-electron chi connectivity index (χ3n) is 3.24. The molecule has 21 heavy (non-hydrogen) atoms. The number of carbonyl (C=O) groups excluding carboxylic acids is 1. The molecule has 1 heterocycles. The van der Waals surface area contributed by atoms with E-state index in [1.165, 1.54) is 12.1 Å². The summed E-state index contributed by atoms with van der Waals surface area (Å²) in [6.07, 6.45) is 1.84. The van der Waals surface area contributed by atoms with Crippen LogP contribution in [0.2, 0.25) is 0 Å². The van der Waals surface area contributed by atoms with Gasteiger partial charge in [0.25, 0.3) is 5.91 Å². The van der Waals surface area contributed by atoms with E-state index in [2.05, 4.69) is 17.2 Å². The first-order valence-electron chi connectivity index (χ1n) is 6.98. The van der Waals surface area contributed by atoms with Gasteiger partial charge in [0, 0.05) is 31.2 Å². The minimum Gasteiger partial charge on any atom is -0.395 e. The number of hydrogen-bond donors (Lipinski definition) is 2. The molecule has 2 N–H and O–H groups in total. The van der Waals surface area contributed by atoms with Crippen LogP contribution in [-0.4, -0.2) is 36.9 Å². The highest BCUT2D eigenvalue weighted by Gasteiger charge is 2.19. The minimum absolute atomic E-state index is 0.0224. The van der Waals surface area contributed by atoms with Crippen LogP contribution in [-0.2, 0) is 4.74 Å². The fourth-order valence-corrected chi connectivity index (χ4v) is 2.10. The Labute approximate surface area is 123 Å². The summed E-state index contributed by atoms with van der Waals surface area (Å²) in [4.78, 5) is 12.0. The highest BCUT2D eigenvalue weighted by molar-refractivity contribution is 5.94. The predicted octanol–water partition coefficient (Wildman–Crippen LogP) is 1.47. The molecule has 1 aromatic rings. The maximum absolute atomic E-state index is 14.0. The van der Waals surface area contributed by atoms with Crippen molar-refractivity contribution in [1.82, 2.24) is 5.32 Å². The van der Waals surface area contributed by atoms with E-state index >= 15 is 0 Å². The molecule has 1 aliphatic heterocycles. The van der Waals surface area contributed by atoms with Crippen molar-refractivity contribution in [3.05, 3.63) is 35.1 Å². The Hall–Kier alpha value is -1.90. The molecule has 5 heteroatoms. The Balaban J connectivity index is 2.02. The molecule has 0 bridgehead atoms. The van der Waals surface area contributed by atoms with Crippen LogP contribution in [0.3, 0.4) is 0 Å². The van der Waals surface area contributed by atoms with Gasteiger partial charge in [0.15, 0.2) is 0 Å². The number of hydrogen-bond acceptors (Lipinski definition) is 3. The number of rotatable bonds is 3. The zero-order chi connectivity index (χ0) is 15.1. The van der Waals surface area contributed by atoms with Crippen molar-refractivity contribution < 1.29 is 19.0 Å². The van der Waals surface area contributed by atoms with Crippen molar-refractivity contribution in [3.8, 4) is 11.8 Å². The van der Waals surface area contributed by atoms with Gasteiger partial charge in [-0.1, -0.05) is 11.8 Å². The van der Waals surface area contributed by atoms with Gasteiger partial charge in [-0.25, -0.2) is 4.39 Å². The topological polar surface area (TPSA) is 58.6 Å². The number of aliphatic hydroxyl groups excluding tert-OH is 1. The van der Waals surface area contributed by atoms with Gasteiger partial charge in [-0.2, -0.15) is 0 Å². The lowest BCUT2D eigenvalue weighted by Gasteiger charge is -2.23. The predicted molar refractivity (Wildman–Crippen MR) is 76.3 cm³/mol. The minimum atomic E-state index is -0.588. The van der Waals surface area contributed by atoms with Crippen molar-refractivity contribution in [2.24, 2.45) is 0 Å². The second kappa shape index (κ2) is 7.77. The first-order valence-corrected chi connectivity index (χ1v) is 6.98. The third kappa shape index (κ3) is 4.55. The lowest BCUT2D eigenvalue weighted by atomic mass is 10.1. The lowest BCUT2D eigenvalue weighted by molar-refractivity contribution is 0.0694. The molecule has 1 aromatic carbocycles. The molecule has 0 radical (unpaired) electrons. The summed E-state index contributed by atoms with van der Waals surface area (Å²) >= 11 is 0. The standard InChI is InChI=1S/C16H18FNO3/c17-15-11-12(3-1-2-8-19)4-5-14(15)16(20)18-13-6-9-21-10-7-13/h4-5,11,13,19H,2,6-10H2,(H,18,20). The first-order chi connectivity index (χ1) is 10.2. The first kappa shape index (κ1) is 15.5. The maximum Gasteiger partial charge on any atom is 0.254 e. The number of benzene rings is 1. The van der Waals surface area contributed by atoms with Crippen LogP contribution in [0.1, 0.15) is 35.2 Å². The molecule has 1 amide bonds. The smallest absolute Gasteiger partial charge is 0.254 e. The average molecular weight is 291 g/mol. The molecule has 1 saturated heterocycles. The van der Waals surface area contributed by atoms with Crippen LogP contribution >= 0.6 is 0 Å². The van der Waals surface area contributed by atoms with Gasteiger partial charge >= 0.3 is 0 Å². The van der Waals surface area contributed by atoms with Crippen molar-refractivity contribution in [3.63, 3.8) is 0 Å². The molecule has 0 atom stereocenters. The molecular weight excluding hydrogens is 273 g/mol. The number of ether oxygens (including phenoxy) is 1. The lowest BCUT2D eigenvalue weighted by Crippen LogP contribution is -2.39.